The van der Waals surface area contributed by atoms with Crippen LogP contribution in [0.5, 0.6) is 11.5 Å². The minimum atomic E-state index is -3.09. The summed E-state index contributed by atoms with van der Waals surface area (Å²) in [6, 6.07) is 21.6. The van der Waals surface area contributed by atoms with E-state index < -0.39 is 54.4 Å². The molecule has 1 aliphatic carbocycles. The summed E-state index contributed by atoms with van der Waals surface area (Å²) in [7, 11) is 0. The summed E-state index contributed by atoms with van der Waals surface area (Å²) in [5.41, 5.74) is 6.55. The lowest BCUT2D eigenvalue weighted by Crippen LogP contribution is -2.45. The van der Waals surface area contributed by atoms with Crippen LogP contribution in [0.3, 0.4) is 0 Å². The number of ether oxygens (including phenoxy) is 2. The molecular weight excluding hydrogens is 767 g/mol. The van der Waals surface area contributed by atoms with Gasteiger partial charge in [0.25, 0.3) is 17.7 Å². The standard InChI is InChI=1S/C24H23F2N3O4.C19H25N3O4/c1-14-10-16(18-4-2-3-5-20(18)27-14)13-33-17-8-6-15(7-9-17)22(30)28-21-12-24(25,26)11-19(21)23(31)29-32;1-4-5-10-26-15-8-6-14(7-9-15)18(23)20-17-12-22(13(2)3)11-16(17)19(24)21-25/h2-10,19,21,32H,11-13H2,1H3,(H,28,30)(H,29,31);6-9,13,16-17,25H,10-12H2,1-3H3,(H,20,23)(H,21,24)/t19-,21+;16-,17+/m00/s1. The summed E-state index contributed by atoms with van der Waals surface area (Å²) in [6.07, 6.45) is -1.41. The molecular formula is C43H48F2N6O8. The van der Waals surface area contributed by atoms with Crippen molar-refractivity contribution in [3.8, 4) is 23.3 Å². The average Bonchev–Trinajstić information content (AvgIpc) is 3.79. The summed E-state index contributed by atoms with van der Waals surface area (Å²) in [5.74, 6) is -0.376. The van der Waals surface area contributed by atoms with Gasteiger partial charge < -0.3 is 20.1 Å². The van der Waals surface area contributed by atoms with E-state index in [-0.39, 0.29) is 23.6 Å². The van der Waals surface area contributed by atoms with Gasteiger partial charge in [0, 0.05) is 65.8 Å². The van der Waals surface area contributed by atoms with Gasteiger partial charge in [0.1, 0.15) is 24.7 Å². The van der Waals surface area contributed by atoms with E-state index in [0.29, 0.717) is 43.4 Å². The Bertz CT molecular complexity index is 2180. The molecule has 0 radical (unpaired) electrons. The highest BCUT2D eigenvalue weighted by Crippen LogP contribution is 2.39. The fraction of sp³-hybridized carbons (Fsp3) is 0.372. The van der Waals surface area contributed by atoms with Gasteiger partial charge in [0.15, 0.2) is 0 Å². The molecule has 0 bridgehead atoms. The third-order valence-corrected chi connectivity index (χ3v) is 10.2. The number of fused-ring (bicyclic) bond motifs is 1. The maximum absolute atomic E-state index is 13.8. The minimum absolute atomic E-state index is 0.242. The van der Waals surface area contributed by atoms with E-state index in [1.165, 1.54) is 17.6 Å². The predicted octanol–water partition coefficient (Wildman–Crippen LogP) is 4.80. The molecule has 16 heteroatoms. The minimum Gasteiger partial charge on any atom is -0.489 e. The second-order valence-corrected chi connectivity index (χ2v) is 14.6. The third kappa shape index (κ3) is 11.7. The van der Waals surface area contributed by atoms with Gasteiger partial charge in [-0.1, -0.05) is 24.1 Å². The van der Waals surface area contributed by atoms with E-state index in [1.54, 1.807) is 48.8 Å². The average molecular weight is 815 g/mol. The van der Waals surface area contributed by atoms with Gasteiger partial charge in [-0.15, -0.1) is 5.92 Å². The Balaban J connectivity index is 0.000000231. The van der Waals surface area contributed by atoms with Gasteiger partial charge in [-0.05, 0) is 88.4 Å². The number of halogens is 2. The number of rotatable bonds is 12. The molecule has 59 heavy (non-hydrogen) atoms. The van der Waals surface area contributed by atoms with Crippen LogP contribution in [0.2, 0.25) is 0 Å². The Kier molecular flexibility index (Phi) is 14.9. The predicted molar refractivity (Wildman–Crippen MR) is 213 cm³/mol. The summed E-state index contributed by atoms with van der Waals surface area (Å²) in [6.45, 7) is 9.36. The second-order valence-electron chi connectivity index (χ2n) is 14.6. The number of hydroxylamine groups is 2. The molecule has 312 valence electrons. The number of hydrogen-bond acceptors (Lipinski definition) is 10. The summed E-state index contributed by atoms with van der Waals surface area (Å²) in [4.78, 5) is 55.3. The Hall–Kier alpha value is -6.15. The SMILES string of the molecule is CC#CCOc1ccc(C(=O)N[C@@H]2CN(C(C)C)C[C@@H]2C(=O)NO)cc1.Cc1cc(COc2ccc(C(=O)N[C@@H]3CC(F)(F)C[C@@H]3C(=O)NO)cc2)c2ccccc2n1. The molecule has 2 heterocycles. The zero-order valence-corrected chi connectivity index (χ0v) is 33.1. The van der Waals surface area contributed by atoms with Gasteiger partial charge in [0.05, 0.1) is 23.4 Å². The Morgan fingerprint density at radius 3 is 2.00 bits per heavy atom. The van der Waals surface area contributed by atoms with E-state index >= 15 is 0 Å². The van der Waals surface area contributed by atoms with Crippen LogP contribution in [-0.4, -0.2) is 87.7 Å². The molecule has 1 aliphatic heterocycles. The number of para-hydroxylation sites is 1. The number of aromatic nitrogens is 1. The van der Waals surface area contributed by atoms with Crippen molar-refractivity contribution in [2.45, 2.75) is 71.2 Å². The fourth-order valence-electron chi connectivity index (χ4n) is 7.05. The molecule has 1 aromatic heterocycles. The van der Waals surface area contributed by atoms with Gasteiger partial charge in [-0.2, -0.15) is 0 Å². The number of hydrogen-bond donors (Lipinski definition) is 6. The van der Waals surface area contributed by atoms with Crippen molar-refractivity contribution in [3.05, 3.63) is 101 Å². The van der Waals surface area contributed by atoms with E-state index in [0.717, 1.165) is 22.2 Å². The Morgan fingerprint density at radius 2 is 1.41 bits per heavy atom. The third-order valence-electron chi connectivity index (χ3n) is 10.2. The number of likely N-dealkylation sites (tertiary alicyclic amines) is 1. The number of carbonyl (C=O) groups excluding carboxylic acids is 4. The summed E-state index contributed by atoms with van der Waals surface area (Å²) < 4.78 is 38.8. The lowest BCUT2D eigenvalue weighted by atomic mass is 10.0. The quantitative estimate of drug-likeness (QED) is 0.0658. The van der Waals surface area contributed by atoms with Crippen LogP contribution < -0.4 is 31.1 Å². The van der Waals surface area contributed by atoms with Crippen LogP contribution in [0.4, 0.5) is 8.78 Å². The summed E-state index contributed by atoms with van der Waals surface area (Å²) in [5, 5.41) is 24.1. The lowest BCUT2D eigenvalue weighted by molar-refractivity contribution is -0.134. The van der Waals surface area contributed by atoms with Crippen molar-refractivity contribution in [2.24, 2.45) is 11.8 Å². The van der Waals surface area contributed by atoms with Gasteiger partial charge in [-0.3, -0.25) is 39.5 Å². The highest BCUT2D eigenvalue weighted by atomic mass is 19.3. The molecule has 4 atom stereocenters. The van der Waals surface area contributed by atoms with E-state index in [4.69, 9.17) is 19.9 Å². The molecule has 14 nitrogen and oxygen atoms in total. The maximum Gasteiger partial charge on any atom is 0.251 e. The highest BCUT2D eigenvalue weighted by molar-refractivity contribution is 5.95. The monoisotopic (exact) mass is 814 g/mol. The number of amides is 4. The van der Waals surface area contributed by atoms with Crippen LogP contribution >= 0.6 is 0 Å². The fourth-order valence-corrected chi connectivity index (χ4v) is 7.05. The first-order valence-corrected chi connectivity index (χ1v) is 19.0. The highest BCUT2D eigenvalue weighted by Gasteiger charge is 2.50. The Labute approximate surface area is 340 Å². The second kappa shape index (κ2) is 20.0. The smallest absolute Gasteiger partial charge is 0.251 e. The first kappa shape index (κ1) is 44.0. The number of pyridine rings is 1. The van der Waals surface area contributed by atoms with E-state index in [2.05, 4.69) is 32.4 Å². The van der Waals surface area contributed by atoms with Crippen molar-refractivity contribution in [1.29, 1.82) is 0 Å². The van der Waals surface area contributed by atoms with Crippen molar-refractivity contribution in [3.63, 3.8) is 0 Å². The lowest BCUT2D eigenvalue weighted by Gasteiger charge is -2.20. The van der Waals surface area contributed by atoms with Crippen LogP contribution in [0.1, 0.15) is 65.6 Å². The molecule has 0 spiro atoms. The van der Waals surface area contributed by atoms with Gasteiger partial charge in [-0.25, -0.2) is 19.7 Å². The van der Waals surface area contributed by atoms with Crippen molar-refractivity contribution in [2.75, 3.05) is 19.7 Å². The van der Waals surface area contributed by atoms with Crippen molar-refractivity contribution in [1.82, 2.24) is 31.5 Å². The number of carbonyl (C=O) groups is 4. The largest absolute Gasteiger partial charge is 0.489 e. The molecule has 6 rings (SSSR count). The first-order valence-electron chi connectivity index (χ1n) is 19.0. The molecule has 4 amide bonds. The van der Waals surface area contributed by atoms with Crippen LogP contribution in [0.25, 0.3) is 10.9 Å². The zero-order valence-electron chi connectivity index (χ0n) is 33.1. The topological polar surface area (TPSA) is 191 Å². The molecule has 2 fully saturated rings. The van der Waals surface area contributed by atoms with Gasteiger partial charge in [0.2, 0.25) is 11.8 Å². The number of alkyl halides is 2. The Morgan fingerprint density at radius 1 is 0.831 bits per heavy atom. The van der Waals surface area contributed by atoms with E-state index in [1.807, 2.05) is 51.1 Å². The van der Waals surface area contributed by atoms with Crippen molar-refractivity contribution < 1.29 is 47.8 Å². The molecule has 1 saturated carbocycles. The molecule has 3 aromatic carbocycles. The number of aryl methyl sites for hydroxylation is 1. The number of nitrogens with zero attached hydrogens (tertiary/aromatic N) is 2. The van der Waals surface area contributed by atoms with E-state index in [9.17, 15) is 28.0 Å². The number of benzene rings is 3. The first-order chi connectivity index (χ1) is 28.2. The molecule has 0 unspecified atom stereocenters. The van der Waals surface area contributed by atoms with Crippen LogP contribution in [0, 0.1) is 30.6 Å². The molecule has 4 aromatic rings. The zero-order chi connectivity index (χ0) is 42.7. The van der Waals surface area contributed by atoms with Gasteiger partial charge >= 0.3 is 0 Å². The van der Waals surface area contributed by atoms with Crippen LogP contribution in [-0.2, 0) is 16.2 Å². The molecule has 6 N–H and O–H groups in total. The normalized spacial score (nSPS) is 19.4. The number of nitrogens with one attached hydrogen (secondary N) is 4. The molecule has 2 aliphatic rings. The summed E-state index contributed by atoms with van der Waals surface area (Å²) >= 11 is 0. The van der Waals surface area contributed by atoms with Crippen molar-refractivity contribution >= 4 is 34.5 Å². The van der Waals surface area contributed by atoms with Crippen LogP contribution in [0.15, 0.2) is 78.9 Å². The molecule has 1 saturated heterocycles. The maximum atomic E-state index is 13.8.